The lowest BCUT2D eigenvalue weighted by Gasteiger charge is -2.35. The highest BCUT2D eigenvalue weighted by atomic mass is 15.6. The second kappa shape index (κ2) is 1.80. The summed E-state index contributed by atoms with van der Waals surface area (Å²) < 4.78 is 0. The Kier molecular flexibility index (Phi) is 1.30. The van der Waals surface area contributed by atoms with Gasteiger partial charge in [0.05, 0.1) is 0 Å². The molecule has 7 heavy (non-hydrogen) atoms. The molecule has 0 aliphatic carbocycles. The van der Waals surface area contributed by atoms with E-state index >= 15 is 0 Å². The predicted molar refractivity (Wildman–Crippen MR) is 29.8 cm³/mol. The van der Waals surface area contributed by atoms with Crippen LogP contribution in [0.1, 0.15) is 13.8 Å². The molecule has 1 aliphatic heterocycles. The van der Waals surface area contributed by atoms with E-state index in [1.807, 2.05) is 0 Å². The Morgan fingerprint density at radius 3 is 2.14 bits per heavy atom. The van der Waals surface area contributed by atoms with Gasteiger partial charge in [0.15, 0.2) is 0 Å². The van der Waals surface area contributed by atoms with Gasteiger partial charge in [-0.2, -0.15) is 0 Å². The molecule has 2 heteroatoms. The van der Waals surface area contributed by atoms with Gasteiger partial charge in [0.25, 0.3) is 0 Å². The third kappa shape index (κ3) is 0.924. The average molecular weight is 100 g/mol. The molecule has 0 bridgehead atoms. The van der Waals surface area contributed by atoms with E-state index in [1.165, 1.54) is 6.54 Å². The second-order valence-corrected chi connectivity index (χ2v) is 2.20. The lowest BCUT2D eigenvalue weighted by atomic mass is 10.3. The Bertz CT molecular complexity index is 57.1. The Balaban J connectivity index is 2.14. The summed E-state index contributed by atoms with van der Waals surface area (Å²) in [7, 11) is 0. The van der Waals surface area contributed by atoms with Gasteiger partial charge in [0, 0.05) is 19.1 Å². The van der Waals surface area contributed by atoms with Crippen molar-refractivity contribution in [3.63, 3.8) is 0 Å². The molecule has 0 saturated carbocycles. The number of hydrogen-bond acceptors (Lipinski definition) is 2. The molecule has 0 atom stereocenters. The van der Waals surface area contributed by atoms with Crippen LogP contribution in [0.5, 0.6) is 0 Å². The first-order valence-electron chi connectivity index (χ1n) is 2.81. The van der Waals surface area contributed by atoms with Crippen molar-refractivity contribution in [1.29, 1.82) is 0 Å². The number of hydrogen-bond donors (Lipinski definition) is 1. The minimum Gasteiger partial charge on any atom is -0.254 e. The molecule has 42 valence electrons. The van der Waals surface area contributed by atoms with Crippen molar-refractivity contribution >= 4 is 0 Å². The van der Waals surface area contributed by atoms with Crippen LogP contribution in [0.25, 0.3) is 0 Å². The molecule has 0 radical (unpaired) electrons. The zero-order chi connectivity index (χ0) is 5.28. The Hall–Kier alpha value is -0.0800. The highest BCUT2D eigenvalue weighted by Crippen LogP contribution is 1.97. The maximum absolute atomic E-state index is 3.18. The lowest BCUT2D eigenvalue weighted by Crippen LogP contribution is -2.56. The fourth-order valence-corrected chi connectivity index (χ4v) is 0.682. The van der Waals surface area contributed by atoms with Gasteiger partial charge >= 0.3 is 0 Å². The first-order chi connectivity index (χ1) is 3.30. The van der Waals surface area contributed by atoms with Crippen LogP contribution in [0.15, 0.2) is 0 Å². The van der Waals surface area contributed by atoms with E-state index in [9.17, 15) is 0 Å². The van der Waals surface area contributed by atoms with Crippen LogP contribution in [0, 0.1) is 0 Å². The van der Waals surface area contributed by atoms with E-state index in [1.54, 1.807) is 0 Å². The van der Waals surface area contributed by atoms with Gasteiger partial charge in [-0.15, -0.1) is 0 Å². The summed E-state index contributed by atoms with van der Waals surface area (Å²) in [4.78, 5) is 0. The van der Waals surface area contributed by atoms with Crippen molar-refractivity contribution in [3.05, 3.63) is 0 Å². The van der Waals surface area contributed by atoms with E-state index in [4.69, 9.17) is 0 Å². The maximum Gasteiger partial charge on any atom is 0.0273 e. The van der Waals surface area contributed by atoms with E-state index in [0.717, 1.165) is 6.54 Å². The SMILES string of the molecule is CC(C)N1CCN1. The number of nitrogens with zero attached hydrogens (tertiary/aromatic N) is 1. The fourth-order valence-electron chi connectivity index (χ4n) is 0.682. The van der Waals surface area contributed by atoms with Crippen LogP contribution < -0.4 is 5.43 Å². The maximum atomic E-state index is 3.18. The summed E-state index contributed by atoms with van der Waals surface area (Å²) in [6.45, 7) is 6.76. The van der Waals surface area contributed by atoms with Crippen LogP contribution in [-0.2, 0) is 0 Å². The predicted octanol–water partition coefficient (Wildman–Crippen LogP) is 0.215. The second-order valence-electron chi connectivity index (χ2n) is 2.20. The first-order valence-corrected chi connectivity index (χ1v) is 2.81. The topological polar surface area (TPSA) is 15.3 Å². The Morgan fingerprint density at radius 1 is 1.57 bits per heavy atom. The number of rotatable bonds is 1. The summed E-state index contributed by atoms with van der Waals surface area (Å²) in [6, 6.07) is 0.675. The molecular formula is C5H12N2. The van der Waals surface area contributed by atoms with Gasteiger partial charge in [-0.05, 0) is 13.8 Å². The zero-order valence-corrected chi connectivity index (χ0v) is 4.94. The number of hydrazine groups is 1. The monoisotopic (exact) mass is 100 g/mol. The third-order valence-corrected chi connectivity index (χ3v) is 1.29. The summed E-state index contributed by atoms with van der Waals surface area (Å²) in [5.74, 6) is 0. The normalized spacial score (nSPS) is 22.7. The molecule has 0 aromatic rings. The molecule has 2 nitrogen and oxygen atoms in total. The summed E-state index contributed by atoms with van der Waals surface area (Å²) >= 11 is 0. The van der Waals surface area contributed by atoms with E-state index < -0.39 is 0 Å². The summed E-state index contributed by atoms with van der Waals surface area (Å²) in [5, 5.41) is 2.22. The third-order valence-electron chi connectivity index (χ3n) is 1.29. The van der Waals surface area contributed by atoms with Crippen molar-refractivity contribution < 1.29 is 0 Å². The molecule has 1 N–H and O–H groups in total. The molecule has 0 unspecified atom stereocenters. The van der Waals surface area contributed by atoms with Crippen molar-refractivity contribution in [2.45, 2.75) is 19.9 Å². The number of nitrogens with one attached hydrogen (secondary N) is 1. The van der Waals surface area contributed by atoms with Crippen molar-refractivity contribution in [2.24, 2.45) is 0 Å². The molecule has 0 amide bonds. The summed E-state index contributed by atoms with van der Waals surface area (Å²) in [6.07, 6.45) is 0. The molecule has 1 saturated heterocycles. The molecule has 1 fully saturated rings. The molecule has 0 aromatic heterocycles. The van der Waals surface area contributed by atoms with Gasteiger partial charge < -0.3 is 0 Å². The van der Waals surface area contributed by atoms with Crippen LogP contribution in [0.3, 0.4) is 0 Å². The van der Waals surface area contributed by atoms with E-state index in [2.05, 4.69) is 24.3 Å². The summed E-state index contributed by atoms with van der Waals surface area (Å²) in [5.41, 5.74) is 3.18. The van der Waals surface area contributed by atoms with Crippen LogP contribution >= 0.6 is 0 Å². The quantitative estimate of drug-likeness (QED) is 0.507. The van der Waals surface area contributed by atoms with E-state index in [0.29, 0.717) is 6.04 Å². The van der Waals surface area contributed by atoms with Crippen LogP contribution in [-0.4, -0.2) is 24.1 Å². The van der Waals surface area contributed by atoms with Gasteiger partial charge in [0.2, 0.25) is 0 Å². The minimum absolute atomic E-state index is 0.675. The minimum atomic E-state index is 0.675. The van der Waals surface area contributed by atoms with Crippen molar-refractivity contribution in [3.8, 4) is 0 Å². The van der Waals surface area contributed by atoms with Gasteiger partial charge in [-0.1, -0.05) is 0 Å². The highest BCUT2D eigenvalue weighted by Gasteiger charge is 2.14. The molecule has 1 aliphatic rings. The van der Waals surface area contributed by atoms with Gasteiger partial charge in [0.1, 0.15) is 0 Å². The molecule has 0 aromatic carbocycles. The molecular weight excluding hydrogens is 88.1 g/mol. The van der Waals surface area contributed by atoms with Crippen molar-refractivity contribution in [2.75, 3.05) is 13.1 Å². The average Bonchev–Trinajstić information content (AvgIpc) is 1.23. The first kappa shape index (κ1) is 5.06. The zero-order valence-electron chi connectivity index (χ0n) is 4.94. The Labute approximate surface area is 44.5 Å². The largest absolute Gasteiger partial charge is 0.254 e. The highest BCUT2D eigenvalue weighted by molar-refractivity contribution is 4.66. The standard InChI is InChI=1S/C5H12N2/c1-5(2)7-4-3-6-7/h5-6H,3-4H2,1-2H3. The fraction of sp³-hybridized carbons (Fsp3) is 1.00. The molecule has 1 heterocycles. The van der Waals surface area contributed by atoms with Crippen LogP contribution in [0.2, 0.25) is 0 Å². The smallest absolute Gasteiger partial charge is 0.0273 e. The molecule has 0 spiro atoms. The van der Waals surface area contributed by atoms with Gasteiger partial charge in [-0.25, -0.2) is 5.01 Å². The van der Waals surface area contributed by atoms with Gasteiger partial charge in [-0.3, -0.25) is 5.43 Å². The lowest BCUT2D eigenvalue weighted by molar-refractivity contribution is 0.0648. The van der Waals surface area contributed by atoms with E-state index in [-0.39, 0.29) is 0 Å². The molecule has 1 rings (SSSR count). The van der Waals surface area contributed by atoms with Crippen molar-refractivity contribution in [1.82, 2.24) is 10.4 Å². The van der Waals surface area contributed by atoms with Crippen LogP contribution in [0.4, 0.5) is 0 Å². The Morgan fingerprint density at radius 2 is 2.14 bits per heavy atom.